The van der Waals surface area contributed by atoms with Gasteiger partial charge in [-0.2, -0.15) is 4.37 Å². The predicted octanol–water partition coefficient (Wildman–Crippen LogP) is 2.95. The van der Waals surface area contributed by atoms with Crippen LogP contribution in [0.4, 0.5) is 5.13 Å². The second-order valence-corrected chi connectivity index (χ2v) is 6.54. The molecule has 0 spiro atoms. The summed E-state index contributed by atoms with van der Waals surface area (Å²) in [4.78, 5) is 6.91. The molecule has 0 aliphatic heterocycles. The molecule has 1 heterocycles. The smallest absolute Gasteiger partial charge is 0.202 e. The molecular weight excluding hydrogens is 244 g/mol. The van der Waals surface area contributed by atoms with Gasteiger partial charge in [-0.15, -0.1) is 0 Å². The number of likely N-dealkylation sites (N-methyl/N-ethyl adjacent to an activating group) is 1. The van der Waals surface area contributed by atoms with Crippen LogP contribution in [0.25, 0.3) is 0 Å². The molecule has 5 heteroatoms. The third-order valence-corrected chi connectivity index (χ3v) is 4.70. The van der Waals surface area contributed by atoms with E-state index in [1.165, 1.54) is 37.2 Å². The molecular formula is C13H24N4S. The zero-order valence-electron chi connectivity index (χ0n) is 11.9. The van der Waals surface area contributed by atoms with Gasteiger partial charge in [-0.05, 0) is 26.9 Å². The molecule has 1 N–H and O–H groups in total. The third-order valence-electron chi connectivity index (χ3n) is 4.01. The van der Waals surface area contributed by atoms with Crippen molar-refractivity contribution in [2.75, 3.05) is 26.0 Å². The zero-order valence-corrected chi connectivity index (χ0v) is 12.7. The summed E-state index contributed by atoms with van der Waals surface area (Å²) >= 11 is 1.48. The first-order chi connectivity index (χ1) is 8.53. The van der Waals surface area contributed by atoms with Crippen molar-refractivity contribution in [1.82, 2.24) is 14.3 Å². The minimum atomic E-state index is 0.309. The Labute approximate surface area is 114 Å². The molecule has 0 amide bonds. The molecule has 2 rings (SSSR count). The van der Waals surface area contributed by atoms with Crippen molar-refractivity contribution in [3.05, 3.63) is 5.82 Å². The zero-order chi connectivity index (χ0) is 13.2. The maximum absolute atomic E-state index is 4.54. The number of nitrogens with one attached hydrogen (secondary N) is 1. The molecule has 0 unspecified atom stereocenters. The molecule has 0 atom stereocenters. The second-order valence-electron chi connectivity index (χ2n) is 5.79. The first-order valence-corrected chi connectivity index (χ1v) is 7.56. The lowest BCUT2D eigenvalue weighted by Crippen LogP contribution is -2.47. The van der Waals surface area contributed by atoms with E-state index in [-0.39, 0.29) is 0 Å². The van der Waals surface area contributed by atoms with E-state index in [0.717, 1.165) is 17.5 Å². The van der Waals surface area contributed by atoms with Gasteiger partial charge in [-0.25, -0.2) is 4.98 Å². The van der Waals surface area contributed by atoms with Crippen LogP contribution in [0.3, 0.4) is 0 Å². The van der Waals surface area contributed by atoms with Crippen molar-refractivity contribution in [3.8, 4) is 0 Å². The van der Waals surface area contributed by atoms with Gasteiger partial charge in [0.15, 0.2) is 0 Å². The second kappa shape index (κ2) is 5.53. The van der Waals surface area contributed by atoms with Gasteiger partial charge in [-0.3, -0.25) is 0 Å². The molecule has 1 aromatic heterocycles. The molecule has 0 radical (unpaired) electrons. The Morgan fingerprint density at radius 1 is 1.33 bits per heavy atom. The summed E-state index contributed by atoms with van der Waals surface area (Å²) in [6, 6.07) is 0. The Balaban J connectivity index is 1.97. The molecule has 1 fully saturated rings. The lowest BCUT2D eigenvalue weighted by molar-refractivity contribution is 0.172. The molecule has 18 heavy (non-hydrogen) atoms. The highest BCUT2D eigenvalue weighted by atomic mass is 32.1. The fourth-order valence-electron chi connectivity index (χ4n) is 2.60. The van der Waals surface area contributed by atoms with Gasteiger partial charge in [0.1, 0.15) is 5.82 Å². The third kappa shape index (κ3) is 2.83. The monoisotopic (exact) mass is 268 g/mol. The minimum Gasteiger partial charge on any atom is -0.358 e. The number of hydrogen-bond acceptors (Lipinski definition) is 5. The predicted molar refractivity (Wildman–Crippen MR) is 77.4 cm³/mol. The number of anilines is 1. The van der Waals surface area contributed by atoms with Crippen LogP contribution in [0.2, 0.25) is 0 Å². The average molecular weight is 268 g/mol. The summed E-state index contributed by atoms with van der Waals surface area (Å²) in [5, 5.41) is 4.45. The summed E-state index contributed by atoms with van der Waals surface area (Å²) in [7, 11) is 4.37. The Morgan fingerprint density at radius 3 is 2.50 bits per heavy atom. The number of aromatic nitrogens is 2. The highest BCUT2D eigenvalue weighted by molar-refractivity contribution is 7.09. The van der Waals surface area contributed by atoms with E-state index in [0.29, 0.717) is 11.5 Å². The summed E-state index contributed by atoms with van der Waals surface area (Å²) < 4.78 is 4.38. The number of hydrogen-bond donors (Lipinski definition) is 1. The van der Waals surface area contributed by atoms with Gasteiger partial charge >= 0.3 is 0 Å². The van der Waals surface area contributed by atoms with E-state index in [9.17, 15) is 0 Å². The van der Waals surface area contributed by atoms with Crippen molar-refractivity contribution in [2.45, 2.75) is 51.0 Å². The fraction of sp³-hybridized carbons (Fsp3) is 0.846. The normalized spacial score (nSPS) is 18.8. The van der Waals surface area contributed by atoms with Crippen molar-refractivity contribution in [2.24, 2.45) is 0 Å². The molecule has 1 aromatic rings. The molecule has 1 aliphatic carbocycles. The van der Waals surface area contributed by atoms with Crippen molar-refractivity contribution < 1.29 is 0 Å². The van der Waals surface area contributed by atoms with Crippen LogP contribution in [0.15, 0.2) is 0 Å². The van der Waals surface area contributed by atoms with Crippen LogP contribution >= 0.6 is 11.5 Å². The van der Waals surface area contributed by atoms with Gasteiger partial charge in [0.25, 0.3) is 0 Å². The van der Waals surface area contributed by atoms with Crippen LogP contribution in [-0.2, 0) is 0 Å². The largest absolute Gasteiger partial charge is 0.358 e. The Hall–Kier alpha value is -0.680. The average Bonchev–Trinajstić information content (AvgIpc) is 2.96. The van der Waals surface area contributed by atoms with E-state index in [2.05, 4.69) is 47.5 Å². The van der Waals surface area contributed by atoms with Crippen LogP contribution in [0, 0.1) is 0 Å². The minimum absolute atomic E-state index is 0.309. The Morgan fingerprint density at radius 2 is 2.00 bits per heavy atom. The van der Waals surface area contributed by atoms with Crippen molar-refractivity contribution in [1.29, 1.82) is 0 Å². The van der Waals surface area contributed by atoms with E-state index in [4.69, 9.17) is 0 Å². The van der Waals surface area contributed by atoms with Crippen molar-refractivity contribution in [3.63, 3.8) is 0 Å². The Kier molecular flexibility index (Phi) is 4.22. The molecule has 0 bridgehead atoms. The van der Waals surface area contributed by atoms with E-state index in [1.807, 2.05) is 0 Å². The highest BCUT2D eigenvalue weighted by Gasteiger charge is 2.35. The van der Waals surface area contributed by atoms with Crippen LogP contribution in [0.1, 0.15) is 51.3 Å². The first kappa shape index (κ1) is 13.7. The molecule has 0 aromatic carbocycles. The lowest BCUT2D eigenvalue weighted by Gasteiger charge is -2.36. The topological polar surface area (TPSA) is 41.1 Å². The van der Waals surface area contributed by atoms with Gasteiger partial charge in [0.05, 0.1) is 0 Å². The molecule has 102 valence electrons. The lowest BCUT2D eigenvalue weighted by atomic mass is 9.96. The quantitative estimate of drug-likeness (QED) is 0.891. The van der Waals surface area contributed by atoms with Crippen LogP contribution < -0.4 is 5.32 Å². The van der Waals surface area contributed by atoms with Gasteiger partial charge in [0, 0.05) is 29.5 Å². The summed E-state index contributed by atoms with van der Waals surface area (Å²) in [6.07, 6.45) is 5.24. The van der Waals surface area contributed by atoms with Gasteiger partial charge in [-0.1, -0.05) is 26.7 Å². The SMILES string of the molecule is CC(C)c1nsc(NCC2(N(C)C)CCCC2)n1. The fourth-order valence-corrected chi connectivity index (χ4v) is 3.30. The Bertz CT molecular complexity index is 380. The van der Waals surface area contributed by atoms with E-state index in [1.54, 1.807) is 0 Å². The maximum atomic E-state index is 4.54. The summed E-state index contributed by atoms with van der Waals surface area (Å²) in [5.41, 5.74) is 0.309. The maximum Gasteiger partial charge on any atom is 0.202 e. The standard InChI is InChI=1S/C13H24N4S/c1-10(2)11-15-12(18-16-11)14-9-13(17(3)4)7-5-6-8-13/h10H,5-9H2,1-4H3,(H,14,15,16). The molecule has 4 nitrogen and oxygen atoms in total. The van der Waals surface area contributed by atoms with Crippen LogP contribution in [0.5, 0.6) is 0 Å². The van der Waals surface area contributed by atoms with Crippen LogP contribution in [-0.4, -0.2) is 40.4 Å². The molecule has 1 saturated carbocycles. The highest BCUT2D eigenvalue weighted by Crippen LogP contribution is 2.34. The number of rotatable bonds is 5. The number of nitrogens with zero attached hydrogens (tertiary/aromatic N) is 3. The molecule has 0 saturated heterocycles. The first-order valence-electron chi connectivity index (χ1n) is 6.78. The van der Waals surface area contributed by atoms with E-state index >= 15 is 0 Å². The van der Waals surface area contributed by atoms with Crippen molar-refractivity contribution >= 4 is 16.7 Å². The molecule has 1 aliphatic rings. The van der Waals surface area contributed by atoms with Gasteiger partial charge < -0.3 is 10.2 Å². The van der Waals surface area contributed by atoms with Gasteiger partial charge in [0.2, 0.25) is 5.13 Å². The van der Waals surface area contributed by atoms with E-state index < -0.39 is 0 Å². The summed E-state index contributed by atoms with van der Waals surface area (Å²) in [5.74, 6) is 1.36. The summed E-state index contributed by atoms with van der Waals surface area (Å²) in [6.45, 7) is 5.24.